The number of nitrogens with zero attached hydrogens (tertiary/aromatic N) is 1. The van der Waals surface area contributed by atoms with Gasteiger partial charge in [0.05, 0.1) is 21.7 Å². The number of rotatable bonds is 3. The summed E-state index contributed by atoms with van der Waals surface area (Å²) in [6.07, 6.45) is 1.72. The molecule has 0 aliphatic rings. The summed E-state index contributed by atoms with van der Waals surface area (Å²) in [7, 11) is 0. The van der Waals surface area contributed by atoms with Crippen LogP contribution < -0.4 is 5.43 Å². The van der Waals surface area contributed by atoms with E-state index in [2.05, 4.69) is 30.0 Å². The number of hydrogen-bond acceptors (Lipinski definition) is 1. The van der Waals surface area contributed by atoms with Crippen molar-refractivity contribution in [1.29, 1.82) is 0 Å². The van der Waals surface area contributed by atoms with E-state index in [-0.39, 0.29) is 11.2 Å². The van der Waals surface area contributed by atoms with Crippen LogP contribution in [0.25, 0.3) is 10.9 Å². The van der Waals surface area contributed by atoms with Crippen molar-refractivity contribution < 1.29 is 4.39 Å². The summed E-state index contributed by atoms with van der Waals surface area (Å²) in [4.78, 5) is 11.9. The molecule has 0 aliphatic carbocycles. The second kappa shape index (κ2) is 5.22. The zero-order chi connectivity index (χ0) is 13.3. The molecule has 0 spiro atoms. The Bertz CT molecular complexity index is 633. The average Bonchev–Trinajstić information content (AvgIpc) is 2.31. The van der Waals surface area contributed by atoms with Gasteiger partial charge in [-0.15, -0.1) is 0 Å². The van der Waals surface area contributed by atoms with Crippen LogP contribution in [0, 0.1) is 11.7 Å². The molecule has 1 aromatic carbocycles. The molecule has 1 aromatic heterocycles. The average molecular weight is 312 g/mol. The highest BCUT2D eigenvalue weighted by Crippen LogP contribution is 2.20. The Morgan fingerprint density at radius 2 is 2.11 bits per heavy atom. The maximum absolute atomic E-state index is 13.8. The molecule has 2 aromatic rings. The minimum absolute atomic E-state index is 0.126. The molecule has 0 aliphatic heterocycles. The van der Waals surface area contributed by atoms with Crippen LogP contribution in [0.5, 0.6) is 0 Å². The minimum Gasteiger partial charge on any atom is -0.289 e. The molecule has 0 bridgehead atoms. The molecule has 18 heavy (non-hydrogen) atoms. The van der Waals surface area contributed by atoms with Crippen molar-refractivity contribution in [3.8, 4) is 0 Å². The van der Waals surface area contributed by atoms with Gasteiger partial charge in [0.25, 0.3) is 0 Å². The van der Waals surface area contributed by atoms with Gasteiger partial charge >= 0.3 is 0 Å². The molecule has 0 unspecified atom stereocenters. The fourth-order valence-corrected chi connectivity index (χ4v) is 2.59. The molecular formula is C14H15BrFNO. The van der Waals surface area contributed by atoms with Crippen molar-refractivity contribution in [3.63, 3.8) is 0 Å². The molecule has 0 fully saturated rings. The SMILES string of the molecule is CC(C)CCc1cc(=O)c2cccc(F)c2n1Br. The third-order valence-corrected chi connectivity index (χ3v) is 3.79. The van der Waals surface area contributed by atoms with Crippen molar-refractivity contribution in [1.82, 2.24) is 3.59 Å². The lowest BCUT2D eigenvalue weighted by Crippen LogP contribution is -2.10. The summed E-state index contributed by atoms with van der Waals surface area (Å²) in [5.41, 5.74) is 1.01. The topological polar surface area (TPSA) is 22.0 Å². The van der Waals surface area contributed by atoms with E-state index < -0.39 is 0 Å². The number of para-hydroxylation sites is 1. The van der Waals surface area contributed by atoms with Gasteiger partial charge in [-0.2, -0.15) is 0 Å². The Labute approximate surface area is 114 Å². The Kier molecular flexibility index (Phi) is 3.85. The summed E-state index contributed by atoms with van der Waals surface area (Å²) < 4.78 is 15.4. The summed E-state index contributed by atoms with van der Waals surface area (Å²) in [5.74, 6) is 0.164. The third kappa shape index (κ3) is 2.48. The largest absolute Gasteiger partial charge is 0.289 e. The summed E-state index contributed by atoms with van der Waals surface area (Å²) in [6.45, 7) is 4.25. The quantitative estimate of drug-likeness (QED) is 0.843. The monoisotopic (exact) mass is 311 g/mol. The van der Waals surface area contributed by atoms with E-state index in [1.807, 2.05) is 0 Å². The molecule has 0 saturated heterocycles. The van der Waals surface area contributed by atoms with Gasteiger partial charge in [-0.25, -0.2) is 4.39 Å². The highest BCUT2D eigenvalue weighted by Gasteiger charge is 2.11. The fraction of sp³-hybridized carbons (Fsp3) is 0.357. The van der Waals surface area contributed by atoms with E-state index in [0.717, 1.165) is 18.5 Å². The lowest BCUT2D eigenvalue weighted by atomic mass is 10.1. The van der Waals surface area contributed by atoms with Gasteiger partial charge in [-0.1, -0.05) is 19.9 Å². The first-order chi connectivity index (χ1) is 8.50. The van der Waals surface area contributed by atoms with Crippen molar-refractivity contribution in [3.05, 3.63) is 46.0 Å². The number of fused-ring (bicyclic) bond motifs is 1. The van der Waals surface area contributed by atoms with E-state index >= 15 is 0 Å². The minimum atomic E-state index is -0.382. The Hall–Kier alpha value is -1.16. The highest BCUT2D eigenvalue weighted by atomic mass is 79.9. The molecular weight excluding hydrogens is 297 g/mol. The Morgan fingerprint density at radius 1 is 1.39 bits per heavy atom. The molecule has 2 nitrogen and oxygen atoms in total. The van der Waals surface area contributed by atoms with E-state index in [4.69, 9.17) is 0 Å². The van der Waals surface area contributed by atoms with Crippen molar-refractivity contribution in [2.45, 2.75) is 26.7 Å². The molecule has 2 rings (SSSR count). The van der Waals surface area contributed by atoms with Gasteiger partial charge in [0.15, 0.2) is 5.43 Å². The predicted octanol–water partition coefficient (Wildman–Crippen LogP) is 3.89. The van der Waals surface area contributed by atoms with Gasteiger partial charge in [0, 0.05) is 17.1 Å². The zero-order valence-corrected chi connectivity index (χ0v) is 12.0. The first-order valence-corrected chi connectivity index (χ1v) is 6.71. The number of aryl methyl sites for hydroxylation is 1. The van der Waals surface area contributed by atoms with Crippen LogP contribution in [0.2, 0.25) is 0 Å². The van der Waals surface area contributed by atoms with E-state index in [1.54, 1.807) is 21.8 Å². The zero-order valence-electron chi connectivity index (χ0n) is 10.4. The smallest absolute Gasteiger partial charge is 0.189 e. The van der Waals surface area contributed by atoms with Gasteiger partial charge in [-0.05, 0) is 30.9 Å². The fourth-order valence-electron chi connectivity index (χ4n) is 1.95. The lowest BCUT2D eigenvalue weighted by molar-refractivity contribution is 0.579. The number of hydrogen-bond donors (Lipinski definition) is 0. The predicted molar refractivity (Wildman–Crippen MR) is 75.7 cm³/mol. The Balaban J connectivity index is 2.60. The van der Waals surface area contributed by atoms with Crippen LogP contribution in [0.4, 0.5) is 4.39 Å². The number of aromatic nitrogens is 1. The number of pyridine rings is 1. The lowest BCUT2D eigenvalue weighted by Gasteiger charge is -2.12. The van der Waals surface area contributed by atoms with Crippen LogP contribution in [0.3, 0.4) is 0 Å². The maximum Gasteiger partial charge on any atom is 0.189 e. The number of benzene rings is 1. The molecule has 0 saturated carbocycles. The number of halogens is 2. The van der Waals surface area contributed by atoms with Crippen LogP contribution >= 0.6 is 16.1 Å². The molecule has 0 amide bonds. The summed E-state index contributed by atoms with van der Waals surface area (Å²) in [5, 5.41) is 0.403. The molecule has 0 radical (unpaired) electrons. The molecule has 1 heterocycles. The van der Waals surface area contributed by atoms with Crippen LogP contribution in [-0.4, -0.2) is 3.59 Å². The maximum atomic E-state index is 13.8. The highest BCUT2D eigenvalue weighted by molar-refractivity contribution is 9.08. The van der Waals surface area contributed by atoms with E-state index in [9.17, 15) is 9.18 Å². The van der Waals surface area contributed by atoms with Crippen LogP contribution in [0.1, 0.15) is 26.0 Å². The van der Waals surface area contributed by atoms with Crippen molar-refractivity contribution in [2.24, 2.45) is 5.92 Å². The molecule has 0 N–H and O–H groups in total. The second-order valence-electron chi connectivity index (χ2n) is 4.85. The first kappa shape index (κ1) is 13.3. The van der Waals surface area contributed by atoms with Crippen molar-refractivity contribution >= 4 is 27.1 Å². The summed E-state index contributed by atoms with van der Waals surface area (Å²) in [6, 6.07) is 6.15. The van der Waals surface area contributed by atoms with Gasteiger partial charge in [0.2, 0.25) is 0 Å². The molecule has 0 atom stereocenters. The first-order valence-electron chi connectivity index (χ1n) is 6.00. The Morgan fingerprint density at radius 3 is 2.78 bits per heavy atom. The van der Waals surface area contributed by atoms with Crippen LogP contribution in [0.15, 0.2) is 29.1 Å². The normalized spacial score (nSPS) is 11.4. The van der Waals surface area contributed by atoms with Crippen molar-refractivity contribution in [2.75, 3.05) is 0 Å². The van der Waals surface area contributed by atoms with Gasteiger partial charge < -0.3 is 0 Å². The standard InChI is InChI=1S/C14H15BrFNO/c1-9(2)6-7-10-8-13(18)11-4-3-5-12(16)14(11)17(10)15/h3-5,8-9H,6-7H2,1-2H3. The molecule has 96 valence electrons. The van der Waals surface area contributed by atoms with Gasteiger partial charge in [0.1, 0.15) is 5.82 Å². The van der Waals surface area contributed by atoms with Gasteiger partial charge in [-0.3, -0.25) is 8.39 Å². The summed E-state index contributed by atoms with van der Waals surface area (Å²) >= 11 is 3.35. The third-order valence-electron chi connectivity index (χ3n) is 2.98. The van der Waals surface area contributed by atoms with E-state index in [1.165, 1.54) is 6.07 Å². The van der Waals surface area contributed by atoms with Crippen LogP contribution in [-0.2, 0) is 6.42 Å². The van der Waals surface area contributed by atoms with E-state index in [0.29, 0.717) is 16.8 Å². The second-order valence-corrected chi connectivity index (χ2v) is 5.56. The molecule has 4 heteroatoms.